The van der Waals surface area contributed by atoms with Gasteiger partial charge in [0.05, 0.1) is 10.4 Å². The van der Waals surface area contributed by atoms with E-state index in [1.165, 1.54) is 10.4 Å². The zero-order valence-corrected chi connectivity index (χ0v) is 19.1. The maximum atomic E-state index is 13.5. The largest absolute Gasteiger partial charge is 0.369 e. The van der Waals surface area contributed by atoms with E-state index in [-0.39, 0.29) is 22.6 Å². The van der Waals surface area contributed by atoms with Gasteiger partial charge in [-0.05, 0) is 50.3 Å². The van der Waals surface area contributed by atoms with Gasteiger partial charge in [0.15, 0.2) is 0 Å². The van der Waals surface area contributed by atoms with Gasteiger partial charge in [0.1, 0.15) is 11.6 Å². The molecule has 10 nitrogen and oxygen atoms in total. The maximum Gasteiger partial charge on any atom is 0.243 e. The first-order valence-electron chi connectivity index (χ1n) is 11.3. The summed E-state index contributed by atoms with van der Waals surface area (Å²) in [7, 11) is -3.88. The van der Waals surface area contributed by atoms with Gasteiger partial charge in [0.25, 0.3) is 0 Å². The summed E-state index contributed by atoms with van der Waals surface area (Å²) in [5, 5.41) is 8.23. The number of amides is 2. The van der Waals surface area contributed by atoms with Crippen molar-refractivity contribution in [2.24, 2.45) is 11.7 Å². The molecule has 4 rings (SSSR count). The maximum absolute atomic E-state index is 13.5. The molecule has 32 heavy (non-hydrogen) atoms. The number of fused-ring (bicyclic) bond motifs is 1. The minimum atomic E-state index is -3.88. The van der Waals surface area contributed by atoms with Gasteiger partial charge in [-0.2, -0.15) is 4.31 Å². The second kappa shape index (κ2) is 9.14. The monoisotopic (exact) mass is 462 g/mol. The van der Waals surface area contributed by atoms with E-state index in [1.807, 2.05) is 6.92 Å². The van der Waals surface area contributed by atoms with Gasteiger partial charge in [0.2, 0.25) is 21.8 Å². The molecular formula is C21H30N6O4S. The molecule has 0 unspecified atom stereocenters. The van der Waals surface area contributed by atoms with Crippen molar-refractivity contribution in [1.82, 2.24) is 24.2 Å². The average Bonchev–Trinajstić information content (AvgIpc) is 3.21. The van der Waals surface area contributed by atoms with Crippen molar-refractivity contribution in [3.8, 4) is 0 Å². The number of hydrogen-bond donors (Lipinski definition) is 1. The predicted molar refractivity (Wildman–Crippen MR) is 118 cm³/mol. The Hall–Kier alpha value is -2.53. The highest BCUT2D eigenvalue weighted by atomic mass is 32.2. The van der Waals surface area contributed by atoms with Gasteiger partial charge in [-0.15, -0.1) is 5.10 Å². The van der Waals surface area contributed by atoms with Crippen LogP contribution in [-0.4, -0.2) is 70.1 Å². The lowest BCUT2D eigenvalue weighted by Crippen LogP contribution is -2.54. The lowest BCUT2D eigenvalue weighted by Gasteiger charge is -2.38. The number of aromatic nitrogens is 3. The van der Waals surface area contributed by atoms with Gasteiger partial charge < -0.3 is 10.6 Å². The van der Waals surface area contributed by atoms with Crippen LogP contribution in [0.4, 0.5) is 0 Å². The number of benzene rings is 1. The van der Waals surface area contributed by atoms with Crippen LogP contribution in [0.3, 0.4) is 0 Å². The van der Waals surface area contributed by atoms with E-state index >= 15 is 0 Å². The molecule has 0 bridgehead atoms. The normalized spacial score (nSPS) is 21.2. The molecule has 0 spiro atoms. The number of carbonyl (C=O) groups excluding carboxylic acids is 2. The Morgan fingerprint density at radius 3 is 2.56 bits per heavy atom. The Bertz CT molecular complexity index is 1110. The minimum absolute atomic E-state index is 0.126. The van der Waals surface area contributed by atoms with Crippen molar-refractivity contribution < 1.29 is 18.0 Å². The number of likely N-dealkylation sites (tertiary alicyclic amines) is 1. The van der Waals surface area contributed by atoms with Gasteiger partial charge in [-0.3, -0.25) is 9.59 Å². The van der Waals surface area contributed by atoms with E-state index in [2.05, 4.69) is 10.3 Å². The molecular weight excluding hydrogens is 432 g/mol. The molecule has 1 aromatic heterocycles. The molecule has 2 fully saturated rings. The van der Waals surface area contributed by atoms with Gasteiger partial charge in [0, 0.05) is 32.1 Å². The summed E-state index contributed by atoms with van der Waals surface area (Å²) in [6.07, 6.45) is 3.93. The third-order valence-corrected chi connectivity index (χ3v) is 8.38. The van der Waals surface area contributed by atoms with Crippen LogP contribution in [0.1, 0.15) is 45.4 Å². The number of hydrogen-bond acceptors (Lipinski definition) is 6. The summed E-state index contributed by atoms with van der Waals surface area (Å²) in [4.78, 5) is 26.5. The molecule has 3 heterocycles. The Kier molecular flexibility index (Phi) is 6.47. The fourth-order valence-corrected chi connectivity index (χ4v) is 6.33. The van der Waals surface area contributed by atoms with E-state index in [0.717, 1.165) is 18.4 Å². The Morgan fingerprint density at radius 2 is 1.88 bits per heavy atom. The van der Waals surface area contributed by atoms with Crippen molar-refractivity contribution in [1.29, 1.82) is 0 Å². The van der Waals surface area contributed by atoms with Crippen LogP contribution in [0.2, 0.25) is 0 Å². The molecule has 0 aliphatic carbocycles. The molecule has 2 aliphatic rings. The summed E-state index contributed by atoms with van der Waals surface area (Å²) in [5.41, 5.74) is 6.70. The van der Waals surface area contributed by atoms with Crippen LogP contribution < -0.4 is 5.73 Å². The summed E-state index contributed by atoms with van der Waals surface area (Å²) in [6, 6.07) is 4.11. The molecule has 0 saturated carbocycles. The van der Waals surface area contributed by atoms with Crippen LogP contribution in [-0.2, 0) is 26.2 Å². The van der Waals surface area contributed by atoms with Crippen molar-refractivity contribution in [3.63, 3.8) is 0 Å². The molecule has 2 aliphatic heterocycles. The fourth-order valence-electron chi connectivity index (χ4n) is 4.66. The van der Waals surface area contributed by atoms with Crippen molar-refractivity contribution in [2.75, 3.05) is 19.6 Å². The molecule has 1 atom stereocenters. The van der Waals surface area contributed by atoms with Crippen molar-refractivity contribution >= 4 is 32.9 Å². The Labute approximate surface area is 187 Å². The summed E-state index contributed by atoms with van der Waals surface area (Å²) in [5.74, 6) is -0.755. The van der Waals surface area contributed by atoms with Crippen LogP contribution in [0.25, 0.3) is 11.0 Å². The molecule has 2 aromatic rings. The van der Waals surface area contributed by atoms with E-state index in [9.17, 15) is 18.0 Å². The third kappa shape index (κ3) is 4.23. The summed E-state index contributed by atoms with van der Waals surface area (Å²) in [6.45, 7) is 3.89. The number of primary amides is 1. The van der Waals surface area contributed by atoms with Crippen LogP contribution >= 0.6 is 0 Å². The SMILES string of the molecule is CCCn1nnc2cc(S(=O)(=O)N3CCCC[C@@H]3C(=O)N3CCC(C(N)=O)CC3)ccc21. The highest BCUT2D eigenvalue weighted by molar-refractivity contribution is 7.89. The molecule has 11 heteroatoms. The Morgan fingerprint density at radius 1 is 1.12 bits per heavy atom. The van der Waals surface area contributed by atoms with Crippen LogP contribution in [0, 0.1) is 5.92 Å². The summed E-state index contributed by atoms with van der Waals surface area (Å²) >= 11 is 0. The zero-order valence-electron chi connectivity index (χ0n) is 18.3. The standard InChI is InChI=1S/C21H30N6O4S/c1-2-10-26-18-7-6-16(14-17(18)23-24-26)32(30,31)27-11-4-3-5-19(27)21(29)25-12-8-15(9-13-25)20(22)28/h6-7,14-15,19H,2-5,8-13H2,1H3,(H2,22,28)/t19-/m1/s1. The quantitative estimate of drug-likeness (QED) is 0.684. The number of sulfonamides is 1. The molecule has 2 saturated heterocycles. The number of nitrogens with zero attached hydrogens (tertiary/aromatic N) is 5. The fraction of sp³-hybridized carbons (Fsp3) is 0.619. The van der Waals surface area contributed by atoms with Crippen molar-refractivity contribution in [2.45, 2.75) is 62.9 Å². The number of nitrogens with two attached hydrogens (primary N) is 1. The number of carbonyl (C=O) groups is 2. The molecule has 2 N–H and O–H groups in total. The van der Waals surface area contributed by atoms with Crippen LogP contribution in [0.5, 0.6) is 0 Å². The van der Waals surface area contributed by atoms with E-state index in [1.54, 1.807) is 21.7 Å². The zero-order chi connectivity index (χ0) is 22.9. The first kappa shape index (κ1) is 22.7. The molecule has 174 valence electrons. The topological polar surface area (TPSA) is 131 Å². The second-order valence-corrected chi connectivity index (χ2v) is 10.5. The van der Waals surface area contributed by atoms with Gasteiger partial charge in [-0.25, -0.2) is 13.1 Å². The third-order valence-electron chi connectivity index (χ3n) is 6.48. The van der Waals surface area contributed by atoms with Gasteiger partial charge >= 0.3 is 0 Å². The molecule has 2 amide bonds. The predicted octanol–water partition coefficient (Wildman–Crippen LogP) is 1.11. The van der Waals surface area contributed by atoms with Gasteiger partial charge in [-0.1, -0.05) is 18.6 Å². The second-order valence-electron chi connectivity index (χ2n) is 8.59. The highest BCUT2D eigenvalue weighted by Crippen LogP contribution is 2.29. The van der Waals surface area contributed by atoms with E-state index < -0.39 is 16.1 Å². The molecule has 0 radical (unpaired) electrons. The first-order chi connectivity index (χ1) is 15.3. The van der Waals surface area contributed by atoms with E-state index in [4.69, 9.17) is 5.73 Å². The van der Waals surface area contributed by atoms with Crippen LogP contribution in [0.15, 0.2) is 23.1 Å². The average molecular weight is 463 g/mol. The lowest BCUT2D eigenvalue weighted by molar-refractivity contribution is -0.139. The smallest absolute Gasteiger partial charge is 0.243 e. The number of piperidine rings is 2. The van der Waals surface area contributed by atoms with E-state index in [0.29, 0.717) is 57.4 Å². The molecule has 1 aromatic carbocycles. The lowest BCUT2D eigenvalue weighted by atomic mass is 9.95. The minimum Gasteiger partial charge on any atom is -0.369 e. The first-order valence-corrected chi connectivity index (χ1v) is 12.7. The Balaban J connectivity index is 1.57. The summed E-state index contributed by atoms with van der Waals surface area (Å²) < 4.78 is 30.2. The highest BCUT2D eigenvalue weighted by Gasteiger charge is 2.40. The number of rotatable bonds is 6. The van der Waals surface area contributed by atoms with Crippen molar-refractivity contribution in [3.05, 3.63) is 18.2 Å². The number of aryl methyl sites for hydroxylation is 1.